The molecule has 0 radical (unpaired) electrons. The minimum atomic E-state index is -4.14. The zero-order valence-corrected chi connectivity index (χ0v) is 28.0. The molecule has 1 aliphatic heterocycles. The van der Waals surface area contributed by atoms with E-state index >= 15 is 0 Å². The minimum Gasteiger partial charge on any atom is -0.379 e. The van der Waals surface area contributed by atoms with Gasteiger partial charge in [0.05, 0.1) is 24.7 Å². The van der Waals surface area contributed by atoms with Crippen LogP contribution in [0, 0.1) is 13.8 Å². The second-order valence-corrected chi connectivity index (χ2v) is 13.8. The first-order valence-corrected chi connectivity index (χ1v) is 17.6. The lowest BCUT2D eigenvalue weighted by Gasteiger charge is -2.27. The van der Waals surface area contributed by atoms with Crippen LogP contribution in [-0.4, -0.2) is 60.1 Å². The third kappa shape index (κ3) is 7.62. The number of aryl methyl sites for hydroxylation is 4. The van der Waals surface area contributed by atoms with Gasteiger partial charge in [0.2, 0.25) is 5.91 Å². The Kier molecular flexibility index (Phi) is 9.81. The van der Waals surface area contributed by atoms with Crippen LogP contribution in [0.15, 0.2) is 83.8 Å². The van der Waals surface area contributed by atoms with Crippen LogP contribution in [0.4, 0.5) is 0 Å². The molecule has 244 valence electrons. The number of rotatable bonds is 11. The number of pyridine rings is 1. The van der Waals surface area contributed by atoms with Crippen molar-refractivity contribution in [2.45, 2.75) is 58.0 Å². The number of sulfonamides is 1. The van der Waals surface area contributed by atoms with E-state index in [1.807, 2.05) is 73.7 Å². The number of carbonyl (C=O) groups excluding carboxylic acids is 1. The Morgan fingerprint density at radius 2 is 1.60 bits per heavy atom. The highest BCUT2D eigenvalue weighted by atomic mass is 32.2. The molecule has 47 heavy (non-hydrogen) atoms. The molecule has 2 aromatic heterocycles. The van der Waals surface area contributed by atoms with Gasteiger partial charge in [0, 0.05) is 43.7 Å². The normalized spacial score (nSPS) is 14.0. The van der Waals surface area contributed by atoms with Crippen molar-refractivity contribution in [1.29, 1.82) is 0 Å². The van der Waals surface area contributed by atoms with E-state index in [1.54, 1.807) is 6.07 Å². The highest BCUT2D eigenvalue weighted by molar-refractivity contribution is 7.90. The lowest BCUT2D eigenvalue weighted by molar-refractivity contribution is -0.119. The molecule has 0 spiro atoms. The standard InChI is InChI=1S/C37H41N5O4S/c1-4-34-39-36-26(2)22-27(3)38-37(36)42(34)25-29-10-14-31(15-11-29)32-23-30(24-41-18-20-46-21-19-41)12-16-33(32)47(44,45)40-35(43)17-13-28-8-6-5-7-9-28/h5-12,14-16,22-23H,4,13,17-21,24-25H2,1-3H3,(H,40,43). The first-order chi connectivity index (χ1) is 22.7. The topological polar surface area (TPSA) is 106 Å². The Bertz CT molecular complexity index is 1980. The Morgan fingerprint density at radius 3 is 2.32 bits per heavy atom. The van der Waals surface area contributed by atoms with Gasteiger partial charge in [-0.3, -0.25) is 9.69 Å². The van der Waals surface area contributed by atoms with Gasteiger partial charge in [0.15, 0.2) is 5.65 Å². The summed E-state index contributed by atoms with van der Waals surface area (Å²) in [5, 5.41) is 0. The van der Waals surface area contributed by atoms with Gasteiger partial charge >= 0.3 is 0 Å². The van der Waals surface area contributed by atoms with Crippen LogP contribution in [0.5, 0.6) is 0 Å². The Balaban J connectivity index is 1.29. The number of imidazole rings is 1. The predicted octanol–water partition coefficient (Wildman–Crippen LogP) is 5.60. The van der Waals surface area contributed by atoms with Gasteiger partial charge < -0.3 is 9.30 Å². The zero-order valence-electron chi connectivity index (χ0n) is 27.2. The summed E-state index contributed by atoms with van der Waals surface area (Å²) in [5.41, 5.74) is 8.18. The van der Waals surface area contributed by atoms with Gasteiger partial charge in [0.25, 0.3) is 10.0 Å². The van der Waals surface area contributed by atoms with Crippen LogP contribution >= 0.6 is 0 Å². The summed E-state index contributed by atoms with van der Waals surface area (Å²) in [6, 6.07) is 24.9. The highest BCUT2D eigenvalue weighted by Gasteiger charge is 2.23. The maximum atomic E-state index is 13.7. The molecule has 1 fully saturated rings. The molecule has 0 unspecified atom stereocenters. The van der Waals surface area contributed by atoms with E-state index in [-0.39, 0.29) is 11.3 Å². The van der Waals surface area contributed by atoms with Crippen molar-refractivity contribution in [1.82, 2.24) is 24.2 Å². The largest absolute Gasteiger partial charge is 0.379 e. The molecular formula is C37H41N5O4S. The fraction of sp³-hybridized carbons (Fsp3) is 0.324. The van der Waals surface area contributed by atoms with Gasteiger partial charge in [-0.15, -0.1) is 0 Å². The summed E-state index contributed by atoms with van der Waals surface area (Å²) >= 11 is 0. The zero-order chi connectivity index (χ0) is 33.0. The quantitative estimate of drug-likeness (QED) is 0.198. The molecule has 3 heterocycles. The number of hydrogen-bond acceptors (Lipinski definition) is 7. The summed E-state index contributed by atoms with van der Waals surface area (Å²) in [6.07, 6.45) is 1.30. The molecule has 3 aromatic carbocycles. The van der Waals surface area contributed by atoms with Crippen molar-refractivity contribution < 1.29 is 17.9 Å². The molecule has 0 saturated carbocycles. The molecular weight excluding hydrogens is 611 g/mol. The van der Waals surface area contributed by atoms with E-state index in [9.17, 15) is 13.2 Å². The van der Waals surface area contributed by atoms with Gasteiger partial charge in [-0.1, -0.05) is 67.6 Å². The third-order valence-electron chi connectivity index (χ3n) is 8.60. The summed E-state index contributed by atoms with van der Waals surface area (Å²) in [4.78, 5) is 24.9. The first-order valence-electron chi connectivity index (χ1n) is 16.2. The maximum absolute atomic E-state index is 13.7. The number of carbonyl (C=O) groups is 1. The van der Waals surface area contributed by atoms with Crippen LogP contribution in [-0.2, 0) is 45.5 Å². The average Bonchev–Trinajstić information content (AvgIpc) is 3.42. The Morgan fingerprint density at radius 1 is 0.872 bits per heavy atom. The number of nitrogens with zero attached hydrogens (tertiary/aromatic N) is 4. The number of ether oxygens (including phenoxy) is 1. The molecule has 0 bridgehead atoms. The molecule has 1 N–H and O–H groups in total. The summed E-state index contributed by atoms with van der Waals surface area (Å²) in [5.74, 6) is 0.434. The van der Waals surface area contributed by atoms with Crippen LogP contribution in [0.1, 0.15) is 47.1 Å². The maximum Gasteiger partial charge on any atom is 0.264 e. The van der Waals surface area contributed by atoms with E-state index in [1.165, 1.54) is 0 Å². The highest BCUT2D eigenvalue weighted by Crippen LogP contribution is 2.30. The molecule has 1 aliphatic rings. The van der Waals surface area contributed by atoms with Gasteiger partial charge in [-0.2, -0.15) is 0 Å². The number of amides is 1. The van der Waals surface area contributed by atoms with E-state index in [2.05, 4.69) is 34.1 Å². The number of fused-ring (bicyclic) bond motifs is 1. The van der Waals surface area contributed by atoms with Crippen molar-refractivity contribution in [3.63, 3.8) is 0 Å². The van der Waals surface area contributed by atoms with E-state index in [4.69, 9.17) is 14.7 Å². The van der Waals surface area contributed by atoms with E-state index in [0.717, 1.165) is 70.0 Å². The van der Waals surface area contributed by atoms with Crippen molar-refractivity contribution in [2.24, 2.45) is 0 Å². The molecule has 1 saturated heterocycles. The van der Waals surface area contributed by atoms with Crippen molar-refractivity contribution in [2.75, 3.05) is 26.3 Å². The molecule has 9 nitrogen and oxygen atoms in total. The van der Waals surface area contributed by atoms with Crippen molar-refractivity contribution in [3.05, 3.63) is 113 Å². The molecule has 5 aromatic rings. The van der Waals surface area contributed by atoms with Crippen LogP contribution in [0.25, 0.3) is 22.3 Å². The molecule has 10 heteroatoms. The fourth-order valence-electron chi connectivity index (χ4n) is 6.17. The number of aromatic nitrogens is 3. The Labute approximate surface area is 276 Å². The summed E-state index contributed by atoms with van der Waals surface area (Å²) in [7, 11) is -4.14. The lowest BCUT2D eigenvalue weighted by Crippen LogP contribution is -2.35. The van der Waals surface area contributed by atoms with Gasteiger partial charge in [-0.05, 0) is 66.3 Å². The fourth-order valence-corrected chi connectivity index (χ4v) is 7.39. The van der Waals surface area contributed by atoms with E-state index in [0.29, 0.717) is 38.3 Å². The number of hydrogen-bond donors (Lipinski definition) is 1. The SMILES string of the molecule is CCc1nc2c(C)cc(C)nc2n1Cc1ccc(-c2cc(CN3CCOCC3)ccc2S(=O)(=O)NC(=O)CCc2ccccc2)cc1. The second-order valence-electron chi connectivity index (χ2n) is 12.2. The number of benzene rings is 3. The minimum absolute atomic E-state index is 0.0684. The molecule has 0 aliphatic carbocycles. The first kappa shape index (κ1) is 32.6. The smallest absolute Gasteiger partial charge is 0.264 e. The van der Waals surface area contributed by atoms with Gasteiger partial charge in [0.1, 0.15) is 11.3 Å². The monoisotopic (exact) mass is 651 g/mol. The van der Waals surface area contributed by atoms with Crippen LogP contribution < -0.4 is 4.72 Å². The number of morpholine rings is 1. The summed E-state index contributed by atoms with van der Waals surface area (Å²) in [6.45, 7) is 10.4. The molecule has 1 amide bonds. The molecule has 0 atom stereocenters. The van der Waals surface area contributed by atoms with Gasteiger partial charge in [-0.25, -0.2) is 23.1 Å². The number of nitrogens with one attached hydrogen (secondary N) is 1. The second kappa shape index (κ2) is 14.2. The van der Waals surface area contributed by atoms with E-state index < -0.39 is 15.9 Å². The van der Waals surface area contributed by atoms with Crippen molar-refractivity contribution in [3.8, 4) is 11.1 Å². The average molecular weight is 652 g/mol. The Hall–Kier alpha value is -4.38. The molecule has 6 rings (SSSR count). The van der Waals surface area contributed by atoms with Crippen molar-refractivity contribution >= 4 is 27.1 Å². The summed E-state index contributed by atoms with van der Waals surface area (Å²) < 4.78 is 37.4. The van der Waals surface area contributed by atoms with Crippen LogP contribution in [0.3, 0.4) is 0 Å². The van der Waals surface area contributed by atoms with Crippen LogP contribution in [0.2, 0.25) is 0 Å². The lowest BCUT2D eigenvalue weighted by atomic mass is 10.0. The third-order valence-corrected chi connectivity index (χ3v) is 10.0. The predicted molar refractivity (Wildman–Crippen MR) is 184 cm³/mol.